The average Bonchev–Trinajstić information content (AvgIpc) is 3.31. The van der Waals surface area contributed by atoms with Crippen LogP contribution in [0.15, 0.2) is 18.2 Å². The summed E-state index contributed by atoms with van der Waals surface area (Å²) in [6, 6.07) is 5.43. The Morgan fingerprint density at radius 1 is 1.15 bits per heavy atom. The molecule has 6 heteroatoms. The number of likely N-dealkylation sites (tertiary alicyclic amines) is 2. The van der Waals surface area contributed by atoms with Crippen molar-refractivity contribution in [1.82, 2.24) is 14.8 Å². The molecule has 0 radical (unpaired) electrons. The number of amides is 1. The van der Waals surface area contributed by atoms with E-state index in [2.05, 4.69) is 23.7 Å². The summed E-state index contributed by atoms with van der Waals surface area (Å²) in [6.07, 6.45) is 3.94. The van der Waals surface area contributed by atoms with Crippen molar-refractivity contribution in [3.05, 3.63) is 29.7 Å². The number of benzene rings is 1. The van der Waals surface area contributed by atoms with E-state index in [1.54, 1.807) is 12.1 Å². The number of piperidine rings is 1. The maximum atomic E-state index is 14.5. The predicted molar refractivity (Wildman–Crippen MR) is 104 cm³/mol. The highest BCUT2D eigenvalue weighted by Crippen LogP contribution is 2.28. The number of H-pyrrole nitrogens is 1. The third-order valence-electron chi connectivity index (χ3n) is 5.80. The number of aromatic amines is 1. The van der Waals surface area contributed by atoms with E-state index in [0.717, 1.165) is 57.4 Å². The average molecular weight is 373 g/mol. The van der Waals surface area contributed by atoms with E-state index in [-0.39, 0.29) is 23.6 Å². The van der Waals surface area contributed by atoms with Crippen LogP contribution in [0.3, 0.4) is 0 Å². The Bertz CT molecular complexity index is 818. The maximum absolute atomic E-state index is 14.5. The Hall–Kier alpha value is -2.08. The molecule has 0 aliphatic carbocycles. The topological polar surface area (TPSA) is 48.6 Å². The third kappa shape index (κ3) is 3.81. The van der Waals surface area contributed by atoms with Crippen molar-refractivity contribution in [3.63, 3.8) is 0 Å². The van der Waals surface area contributed by atoms with Gasteiger partial charge in [-0.1, -0.05) is 0 Å². The third-order valence-corrected chi connectivity index (χ3v) is 5.80. The van der Waals surface area contributed by atoms with Gasteiger partial charge in [0.1, 0.15) is 11.8 Å². The minimum atomic E-state index is -0.368. The summed E-state index contributed by atoms with van der Waals surface area (Å²) in [5, 5.41) is 0.706. The molecule has 2 fully saturated rings. The first-order valence-corrected chi connectivity index (χ1v) is 10.0. The summed E-state index contributed by atoms with van der Waals surface area (Å²) in [4.78, 5) is 20.0. The van der Waals surface area contributed by atoms with Crippen LogP contribution >= 0.6 is 0 Å². The van der Waals surface area contributed by atoms with Gasteiger partial charge in [-0.2, -0.15) is 0 Å². The number of hydrogen-bond acceptors (Lipinski definition) is 3. The van der Waals surface area contributed by atoms with E-state index < -0.39 is 0 Å². The van der Waals surface area contributed by atoms with Crippen molar-refractivity contribution in [2.24, 2.45) is 0 Å². The van der Waals surface area contributed by atoms with Crippen LogP contribution in [-0.2, 0) is 0 Å². The second kappa shape index (κ2) is 7.50. The summed E-state index contributed by atoms with van der Waals surface area (Å²) >= 11 is 0. The minimum Gasteiger partial charge on any atom is -0.487 e. The molecule has 3 heterocycles. The number of carbonyl (C=O) groups excluding carboxylic acids is 1. The summed E-state index contributed by atoms with van der Waals surface area (Å²) < 4.78 is 20.5. The summed E-state index contributed by atoms with van der Waals surface area (Å²) in [7, 11) is 0. The van der Waals surface area contributed by atoms with Gasteiger partial charge in [-0.05, 0) is 51.7 Å². The van der Waals surface area contributed by atoms with E-state index in [4.69, 9.17) is 4.74 Å². The summed E-state index contributed by atoms with van der Waals surface area (Å²) in [5.41, 5.74) is 1.27. The molecule has 1 amide bonds. The molecule has 2 aliphatic heterocycles. The fourth-order valence-corrected chi connectivity index (χ4v) is 4.12. The normalized spacial score (nSPS) is 19.3. The Morgan fingerprint density at radius 2 is 1.85 bits per heavy atom. The molecule has 1 aromatic carbocycles. The van der Waals surface area contributed by atoms with Crippen LogP contribution in [0.25, 0.3) is 10.9 Å². The number of carbonyl (C=O) groups is 1. The lowest BCUT2D eigenvalue weighted by atomic mass is 10.1. The van der Waals surface area contributed by atoms with Crippen LogP contribution in [0.4, 0.5) is 4.39 Å². The molecule has 0 bridgehead atoms. The lowest BCUT2D eigenvalue weighted by Gasteiger charge is -2.34. The van der Waals surface area contributed by atoms with Crippen molar-refractivity contribution in [1.29, 1.82) is 0 Å². The lowest BCUT2D eigenvalue weighted by molar-refractivity contribution is 0.0787. The number of ether oxygens (including phenoxy) is 1. The molecule has 4 rings (SSSR count). The number of nitrogens with one attached hydrogen (secondary N) is 1. The molecule has 1 N–H and O–H groups in total. The molecule has 2 saturated heterocycles. The van der Waals surface area contributed by atoms with Gasteiger partial charge in [0.2, 0.25) is 0 Å². The predicted octanol–water partition coefficient (Wildman–Crippen LogP) is 3.79. The molecule has 0 unspecified atom stereocenters. The van der Waals surface area contributed by atoms with Crippen molar-refractivity contribution in [2.75, 3.05) is 26.2 Å². The van der Waals surface area contributed by atoms with Crippen LogP contribution in [-0.4, -0.2) is 59.0 Å². The Labute approximate surface area is 159 Å². The molecule has 2 aliphatic rings. The zero-order chi connectivity index (χ0) is 19.0. The number of rotatable bonds is 4. The number of halogens is 1. The molecule has 2 aromatic rings. The van der Waals surface area contributed by atoms with Gasteiger partial charge < -0.3 is 19.5 Å². The van der Waals surface area contributed by atoms with Crippen molar-refractivity contribution < 1.29 is 13.9 Å². The molecule has 0 atom stereocenters. The molecular weight excluding hydrogens is 345 g/mol. The van der Waals surface area contributed by atoms with Gasteiger partial charge >= 0.3 is 0 Å². The molecule has 0 spiro atoms. The van der Waals surface area contributed by atoms with Crippen LogP contribution in [0, 0.1) is 5.82 Å². The molecule has 5 nitrogen and oxygen atoms in total. The van der Waals surface area contributed by atoms with Gasteiger partial charge in [0.05, 0.1) is 0 Å². The number of nitrogens with zero attached hydrogens (tertiary/aromatic N) is 2. The lowest BCUT2D eigenvalue weighted by Crippen LogP contribution is -2.41. The fourth-order valence-electron chi connectivity index (χ4n) is 4.12. The largest absolute Gasteiger partial charge is 0.487 e. The van der Waals surface area contributed by atoms with Crippen LogP contribution in [0.2, 0.25) is 0 Å². The maximum Gasteiger partial charge on any atom is 0.270 e. The molecule has 27 heavy (non-hydrogen) atoms. The first-order valence-electron chi connectivity index (χ1n) is 10.0. The number of hydrogen-bond donors (Lipinski definition) is 1. The highest BCUT2D eigenvalue weighted by atomic mass is 19.1. The zero-order valence-corrected chi connectivity index (χ0v) is 16.1. The number of aromatic nitrogens is 1. The minimum absolute atomic E-state index is 0.00682. The van der Waals surface area contributed by atoms with Crippen molar-refractivity contribution in [2.45, 2.75) is 51.7 Å². The van der Waals surface area contributed by atoms with Crippen LogP contribution in [0.5, 0.6) is 5.75 Å². The summed E-state index contributed by atoms with van der Waals surface area (Å²) in [5.74, 6) is -0.104. The molecule has 146 valence electrons. The first kappa shape index (κ1) is 18.3. The van der Waals surface area contributed by atoms with E-state index >= 15 is 0 Å². The standard InChI is InChI=1S/C21H28FN3O2/c1-14(2)24-9-5-16(6-10-24)27-20-13-18-15(11-17(20)22)12-19(23-18)21(26)25-7-3-4-8-25/h11-14,16,23H,3-10H2,1-2H3. The van der Waals surface area contributed by atoms with Crippen molar-refractivity contribution in [3.8, 4) is 5.75 Å². The monoisotopic (exact) mass is 373 g/mol. The molecule has 1 aromatic heterocycles. The van der Waals surface area contributed by atoms with Gasteiger partial charge in [-0.15, -0.1) is 0 Å². The second-order valence-electron chi connectivity index (χ2n) is 8.00. The van der Waals surface area contributed by atoms with Gasteiger partial charge in [-0.3, -0.25) is 4.79 Å². The quantitative estimate of drug-likeness (QED) is 0.887. The number of fused-ring (bicyclic) bond motifs is 1. The fraction of sp³-hybridized carbons (Fsp3) is 0.571. The highest BCUT2D eigenvalue weighted by Gasteiger charge is 2.24. The Balaban J connectivity index is 1.49. The van der Waals surface area contributed by atoms with Gasteiger partial charge in [0.25, 0.3) is 5.91 Å². The SMILES string of the molecule is CC(C)N1CCC(Oc2cc3[nH]c(C(=O)N4CCCC4)cc3cc2F)CC1. The van der Waals surface area contributed by atoms with Crippen LogP contribution < -0.4 is 4.74 Å². The smallest absolute Gasteiger partial charge is 0.270 e. The first-order chi connectivity index (χ1) is 13.0. The van der Waals surface area contributed by atoms with Crippen molar-refractivity contribution >= 4 is 16.8 Å². The van der Waals surface area contributed by atoms with E-state index in [1.165, 1.54) is 6.07 Å². The Morgan fingerprint density at radius 3 is 2.52 bits per heavy atom. The highest BCUT2D eigenvalue weighted by molar-refractivity contribution is 5.98. The van der Waals surface area contributed by atoms with E-state index in [0.29, 0.717) is 17.1 Å². The summed E-state index contributed by atoms with van der Waals surface area (Å²) in [6.45, 7) is 7.94. The van der Waals surface area contributed by atoms with Gasteiger partial charge in [0, 0.05) is 49.2 Å². The zero-order valence-electron chi connectivity index (χ0n) is 16.1. The van der Waals surface area contributed by atoms with Gasteiger partial charge in [0.15, 0.2) is 11.6 Å². The molecule has 0 saturated carbocycles. The second-order valence-corrected chi connectivity index (χ2v) is 8.00. The van der Waals surface area contributed by atoms with E-state index in [9.17, 15) is 9.18 Å². The Kier molecular flexibility index (Phi) is 5.08. The molecular formula is C21H28FN3O2. The van der Waals surface area contributed by atoms with Gasteiger partial charge in [-0.25, -0.2) is 4.39 Å². The van der Waals surface area contributed by atoms with Crippen LogP contribution in [0.1, 0.15) is 50.0 Å². The van der Waals surface area contributed by atoms with E-state index in [1.807, 2.05) is 4.90 Å².